The van der Waals surface area contributed by atoms with Gasteiger partial charge in [0.15, 0.2) is 0 Å². The van der Waals surface area contributed by atoms with Crippen molar-refractivity contribution < 1.29 is 9.53 Å². The molecule has 20 heavy (non-hydrogen) atoms. The Bertz CT molecular complexity index is 264. The summed E-state index contributed by atoms with van der Waals surface area (Å²) < 4.78 is 5.44. The van der Waals surface area contributed by atoms with Crippen LogP contribution < -0.4 is 10.6 Å². The van der Waals surface area contributed by atoms with Crippen LogP contribution in [0.5, 0.6) is 0 Å². The fourth-order valence-corrected chi connectivity index (χ4v) is 2.52. The molecule has 0 radical (unpaired) electrons. The highest BCUT2D eigenvalue weighted by Crippen LogP contribution is 2.15. The van der Waals surface area contributed by atoms with Gasteiger partial charge in [0, 0.05) is 13.2 Å². The van der Waals surface area contributed by atoms with Gasteiger partial charge in [0.25, 0.3) is 0 Å². The summed E-state index contributed by atoms with van der Waals surface area (Å²) in [4.78, 5) is 14.1. The van der Waals surface area contributed by atoms with Crippen molar-refractivity contribution in [3.63, 3.8) is 0 Å². The Morgan fingerprint density at radius 3 is 2.65 bits per heavy atom. The first-order valence-corrected chi connectivity index (χ1v) is 7.87. The monoisotopic (exact) mass is 285 g/mol. The maximum Gasteiger partial charge on any atom is 0.234 e. The van der Waals surface area contributed by atoms with E-state index in [9.17, 15) is 4.79 Å². The minimum absolute atomic E-state index is 0.140. The molecule has 1 fully saturated rings. The predicted molar refractivity (Wildman–Crippen MR) is 81.8 cm³/mol. The molecule has 0 aromatic carbocycles. The standard InChI is InChI=1S/C15H31N3O2/c1-13(2)20-10-4-7-17-15(19)12-18-8-5-14(6-9-18)11-16-3/h13-14,16H,4-12H2,1-3H3,(H,17,19). The van der Waals surface area contributed by atoms with Gasteiger partial charge in [-0.25, -0.2) is 0 Å². The van der Waals surface area contributed by atoms with E-state index in [0.717, 1.165) is 32.0 Å². The van der Waals surface area contributed by atoms with Gasteiger partial charge in [0.05, 0.1) is 12.6 Å². The Kier molecular flexibility index (Phi) is 8.82. The van der Waals surface area contributed by atoms with Crippen LogP contribution in [0.3, 0.4) is 0 Å². The predicted octanol–water partition coefficient (Wildman–Crippen LogP) is 0.849. The van der Waals surface area contributed by atoms with Crippen LogP contribution in [0, 0.1) is 5.92 Å². The van der Waals surface area contributed by atoms with E-state index in [4.69, 9.17) is 4.74 Å². The van der Waals surface area contributed by atoms with Crippen molar-refractivity contribution in [2.75, 3.05) is 46.4 Å². The molecule has 118 valence electrons. The molecule has 0 aromatic heterocycles. The lowest BCUT2D eigenvalue weighted by molar-refractivity contribution is -0.122. The normalized spacial score (nSPS) is 17.6. The van der Waals surface area contributed by atoms with Crippen LogP contribution in [0.25, 0.3) is 0 Å². The first kappa shape index (κ1) is 17.4. The average Bonchev–Trinajstić information content (AvgIpc) is 2.40. The van der Waals surface area contributed by atoms with Crippen molar-refractivity contribution in [2.24, 2.45) is 5.92 Å². The molecule has 5 heteroatoms. The summed E-state index contributed by atoms with van der Waals surface area (Å²) in [5.41, 5.74) is 0. The molecule has 2 N–H and O–H groups in total. The topological polar surface area (TPSA) is 53.6 Å². The van der Waals surface area contributed by atoms with E-state index in [1.807, 2.05) is 20.9 Å². The van der Waals surface area contributed by atoms with Gasteiger partial charge < -0.3 is 15.4 Å². The lowest BCUT2D eigenvalue weighted by atomic mass is 9.97. The van der Waals surface area contributed by atoms with Gasteiger partial charge in [-0.05, 0) is 65.7 Å². The second-order valence-corrected chi connectivity index (χ2v) is 5.90. The number of nitrogens with zero attached hydrogens (tertiary/aromatic N) is 1. The summed E-state index contributed by atoms with van der Waals surface area (Å²) in [5, 5.41) is 6.20. The zero-order valence-corrected chi connectivity index (χ0v) is 13.3. The number of hydrogen-bond donors (Lipinski definition) is 2. The number of hydrogen-bond acceptors (Lipinski definition) is 4. The van der Waals surface area contributed by atoms with E-state index in [1.54, 1.807) is 0 Å². The molecular formula is C15H31N3O2. The van der Waals surface area contributed by atoms with Crippen LogP contribution in [0.1, 0.15) is 33.1 Å². The lowest BCUT2D eigenvalue weighted by Crippen LogP contribution is -2.43. The SMILES string of the molecule is CNCC1CCN(CC(=O)NCCCOC(C)C)CC1. The molecule has 1 saturated heterocycles. The smallest absolute Gasteiger partial charge is 0.234 e. The van der Waals surface area contributed by atoms with Gasteiger partial charge in [0.2, 0.25) is 5.91 Å². The van der Waals surface area contributed by atoms with Crippen molar-refractivity contribution in [3.8, 4) is 0 Å². The van der Waals surface area contributed by atoms with Crippen LogP contribution in [0.2, 0.25) is 0 Å². The number of rotatable bonds is 9. The minimum Gasteiger partial charge on any atom is -0.379 e. The number of piperidine rings is 1. The van der Waals surface area contributed by atoms with E-state index < -0.39 is 0 Å². The summed E-state index contributed by atoms with van der Waals surface area (Å²) in [7, 11) is 2.00. The summed E-state index contributed by atoms with van der Waals surface area (Å²) in [6, 6.07) is 0. The highest BCUT2D eigenvalue weighted by Gasteiger charge is 2.19. The van der Waals surface area contributed by atoms with Gasteiger partial charge in [-0.2, -0.15) is 0 Å². The van der Waals surface area contributed by atoms with Gasteiger partial charge in [0.1, 0.15) is 0 Å². The minimum atomic E-state index is 0.140. The fraction of sp³-hybridized carbons (Fsp3) is 0.933. The highest BCUT2D eigenvalue weighted by atomic mass is 16.5. The molecule has 1 aliphatic heterocycles. The molecule has 1 heterocycles. The number of likely N-dealkylation sites (tertiary alicyclic amines) is 1. The van der Waals surface area contributed by atoms with Gasteiger partial charge in [-0.1, -0.05) is 0 Å². The fourth-order valence-electron chi connectivity index (χ4n) is 2.52. The number of nitrogens with one attached hydrogen (secondary N) is 2. The number of amides is 1. The van der Waals surface area contributed by atoms with Crippen molar-refractivity contribution >= 4 is 5.91 Å². The second-order valence-electron chi connectivity index (χ2n) is 5.90. The zero-order chi connectivity index (χ0) is 14.8. The number of carbonyl (C=O) groups excluding carboxylic acids is 1. The zero-order valence-electron chi connectivity index (χ0n) is 13.3. The van der Waals surface area contributed by atoms with Crippen molar-refractivity contribution in [3.05, 3.63) is 0 Å². The summed E-state index contributed by atoms with van der Waals surface area (Å²) in [6.45, 7) is 9.18. The van der Waals surface area contributed by atoms with Crippen LogP contribution in [0.15, 0.2) is 0 Å². The molecule has 0 atom stereocenters. The maximum atomic E-state index is 11.8. The lowest BCUT2D eigenvalue weighted by Gasteiger charge is -2.31. The summed E-state index contributed by atoms with van der Waals surface area (Å²) >= 11 is 0. The molecule has 1 amide bonds. The summed E-state index contributed by atoms with van der Waals surface area (Å²) in [5.74, 6) is 0.911. The van der Waals surface area contributed by atoms with E-state index in [0.29, 0.717) is 19.7 Å². The van der Waals surface area contributed by atoms with Crippen molar-refractivity contribution in [1.29, 1.82) is 0 Å². The first-order chi connectivity index (χ1) is 9.61. The Labute approximate surface area is 123 Å². The second kappa shape index (κ2) is 10.1. The van der Waals surface area contributed by atoms with E-state index in [1.165, 1.54) is 12.8 Å². The van der Waals surface area contributed by atoms with Crippen LogP contribution in [-0.2, 0) is 9.53 Å². The van der Waals surface area contributed by atoms with Crippen LogP contribution in [0.4, 0.5) is 0 Å². The number of ether oxygens (including phenoxy) is 1. The van der Waals surface area contributed by atoms with E-state index >= 15 is 0 Å². The molecule has 0 aliphatic carbocycles. The molecular weight excluding hydrogens is 254 g/mol. The van der Waals surface area contributed by atoms with Gasteiger partial charge >= 0.3 is 0 Å². The third-order valence-corrected chi connectivity index (χ3v) is 3.66. The highest BCUT2D eigenvalue weighted by molar-refractivity contribution is 5.77. The Hall–Kier alpha value is -0.650. The molecule has 5 nitrogen and oxygen atoms in total. The van der Waals surface area contributed by atoms with E-state index in [-0.39, 0.29) is 12.0 Å². The molecule has 0 bridgehead atoms. The summed E-state index contributed by atoms with van der Waals surface area (Å²) in [6.07, 6.45) is 3.53. The molecule has 0 unspecified atom stereocenters. The molecule has 0 spiro atoms. The number of carbonyl (C=O) groups is 1. The van der Waals surface area contributed by atoms with Crippen molar-refractivity contribution in [2.45, 2.75) is 39.2 Å². The van der Waals surface area contributed by atoms with Crippen molar-refractivity contribution in [1.82, 2.24) is 15.5 Å². The Morgan fingerprint density at radius 1 is 1.35 bits per heavy atom. The maximum absolute atomic E-state index is 11.8. The largest absolute Gasteiger partial charge is 0.379 e. The average molecular weight is 285 g/mol. The first-order valence-electron chi connectivity index (χ1n) is 7.87. The Balaban J connectivity index is 2.02. The molecule has 0 saturated carbocycles. The molecule has 1 aliphatic rings. The van der Waals surface area contributed by atoms with Gasteiger partial charge in [-0.15, -0.1) is 0 Å². The van der Waals surface area contributed by atoms with Crippen LogP contribution in [-0.4, -0.2) is 63.3 Å². The van der Waals surface area contributed by atoms with Crippen LogP contribution >= 0.6 is 0 Å². The Morgan fingerprint density at radius 2 is 2.05 bits per heavy atom. The quantitative estimate of drug-likeness (QED) is 0.617. The third-order valence-electron chi connectivity index (χ3n) is 3.66. The third kappa shape index (κ3) is 7.82. The molecule has 1 rings (SSSR count). The van der Waals surface area contributed by atoms with Gasteiger partial charge in [-0.3, -0.25) is 9.69 Å². The molecule has 0 aromatic rings. The van der Waals surface area contributed by atoms with E-state index in [2.05, 4.69) is 15.5 Å².